The largest absolute Gasteiger partial charge is 0.327 e. The van der Waals surface area contributed by atoms with Crippen LogP contribution in [0.25, 0.3) is 0 Å². The molecule has 0 aliphatic carbocycles. The van der Waals surface area contributed by atoms with Crippen molar-refractivity contribution < 1.29 is 4.39 Å². The molecular weight excluding hydrogens is 261 g/mol. The second-order valence-electron chi connectivity index (χ2n) is 4.87. The van der Waals surface area contributed by atoms with Gasteiger partial charge >= 0.3 is 0 Å². The SMILES string of the molecule is Cc1cccc(CC(N)Cc2cccc(F)c2Cl)c1. The second kappa shape index (κ2) is 6.18. The van der Waals surface area contributed by atoms with Gasteiger partial charge in [0.05, 0.1) is 5.02 Å². The third-order valence-electron chi connectivity index (χ3n) is 3.09. The molecule has 1 atom stereocenters. The molecule has 2 aromatic carbocycles. The Morgan fingerprint density at radius 1 is 1.16 bits per heavy atom. The summed E-state index contributed by atoms with van der Waals surface area (Å²) < 4.78 is 13.3. The van der Waals surface area contributed by atoms with Crippen molar-refractivity contribution in [1.29, 1.82) is 0 Å². The average molecular weight is 278 g/mol. The average Bonchev–Trinajstić information content (AvgIpc) is 2.35. The van der Waals surface area contributed by atoms with Gasteiger partial charge in [0, 0.05) is 6.04 Å². The van der Waals surface area contributed by atoms with E-state index in [1.54, 1.807) is 6.07 Å². The second-order valence-corrected chi connectivity index (χ2v) is 5.25. The summed E-state index contributed by atoms with van der Waals surface area (Å²) >= 11 is 5.93. The zero-order valence-corrected chi connectivity index (χ0v) is 11.6. The molecule has 19 heavy (non-hydrogen) atoms. The van der Waals surface area contributed by atoms with Crippen molar-refractivity contribution in [3.63, 3.8) is 0 Å². The van der Waals surface area contributed by atoms with Gasteiger partial charge in [-0.1, -0.05) is 53.6 Å². The minimum absolute atomic E-state index is 0.0684. The van der Waals surface area contributed by atoms with Crippen molar-refractivity contribution in [2.75, 3.05) is 0 Å². The number of nitrogens with two attached hydrogens (primary N) is 1. The number of rotatable bonds is 4. The Morgan fingerprint density at radius 2 is 1.89 bits per heavy atom. The van der Waals surface area contributed by atoms with E-state index in [9.17, 15) is 4.39 Å². The van der Waals surface area contributed by atoms with Crippen LogP contribution in [0.4, 0.5) is 4.39 Å². The predicted molar refractivity (Wildman–Crippen MR) is 78.0 cm³/mol. The highest BCUT2D eigenvalue weighted by Crippen LogP contribution is 2.21. The highest BCUT2D eigenvalue weighted by molar-refractivity contribution is 6.31. The van der Waals surface area contributed by atoms with Crippen molar-refractivity contribution in [2.45, 2.75) is 25.8 Å². The molecule has 100 valence electrons. The van der Waals surface area contributed by atoms with E-state index in [4.69, 9.17) is 17.3 Å². The van der Waals surface area contributed by atoms with Crippen molar-refractivity contribution in [3.8, 4) is 0 Å². The fourth-order valence-electron chi connectivity index (χ4n) is 2.20. The lowest BCUT2D eigenvalue weighted by atomic mass is 9.99. The van der Waals surface area contributed by atoms with Crippen LogP contribution in [0, 0.1) is 12.7 Å². The molecule has 3 heteroatoms. The van der Waals surface area contributed by atoms with Gasteiger partial charge in [-0.15, -0.1) is 0 Å². The molecule has 0 fully saturated rings. The summed E-state index contributed by atoms with van der Waals surface area (Å²) in [5.41, 5.74) is 9.30. The fraction of sp³-hybridized carbons (Fsp3) is 0.250. The van der Waals surface area contributed by atoms with Gasteiger partial charge in [-0.3, -0.25) is 0 Å². The summed E-state index contributed by atoms with van der Waals surface area (Å²) in [6.07, 6.45) is 1.33. The van der Waals surface area contributed by atoms with Gasteiger partial charge in [-0.05, 0) is 37.0 Å². The first-order valence-corrected chi connectivity index (χ1v) is 6.68. The van der Waals surface area contributed by atoms with Crippen LogP contribution in [0.2, 0.25) is 5.02 Å². The number of benzene rings is 2. The third kappa shape index (κ3) is 3.79. The van der Waals surface area contributed by atoms with Crippen molar-refractivity contribution in [3.05, 3.63) is 70.0 Å². The lowest BCUT2D eigenvalue weighted by Gasteiger charge is -2.13. The van der Waals surface area contributed by atoms with Crippen LogP contribution in [0.1, 0.15) is 16.7 Å². The Bertz CT molecular complexity index is 568. The van der Waals surface area contributed by atoms with E-state index >= 15 is 0 Å². The summed E-state index contributed by atoms with van der Waals surface area (Å²) in [5, 5.41) is 0.183. The number of hydrogen-bond acceptors (Lipinski definition) is 1. The fourth-order valence-corrected chi connectivity index (χ4v) is 2.41. The van der Waals surface area contributed by atoms with Crippen molar-refractivity contribution in [1.82, 2.24) is 0 Å². The van der Waals surface area contributed by atoms with Crippen LogP contribution in [0.5, 0.6) is 0 Å². The maximum atomic E-state index is 13.3. The lowest BCUT2D eigenvalue weighted by molar-refractivity contribution is 0.618. The van der Waals surface area contributed by atoms with Crippen LogP contribution in [-0.2, 0) is 12.8 Å². The molecule has 0 spiro atoms. The third-order valence-corrected chi connectivity index (χ3v) is 3.52. The smallest absolute Gasteiger partial charge is 0.142 e. The van der Waals surface area contributed by atoms with E-state index in [2.05, 4.69) is 25.1 Å². The molecule has 2 N–H and O–H groups in total. The number of aryl methyl sites for hydroxylation is 1. The molecule has 1 nitrogen and oxygen atoms in total. The zero-order chi connectivity index (χ0) is 13.8. The molecule has 2 rings (SSSR count). The van der Waals surface area contributed by atoms with Crippen molar-refractivity contribution in [2.24, 2.45) is 5.73 Å². The van der Waals surface area contributed by atoms with Gasteiger partial charge in [-0.2, -0.15) is 0 Å². The van der Waals surface area contributed by atoms with Crippen LogP contribution < -0.4 is 5.73 Å². The van der Waals surface area contributed by atoms with Crippen LogP contribution in [0.3, 0.4) is 0 Å². The summed E-state index contributed by atoms with van der Waals surface area (Å²) in [4.78, 5) is 0. The summed E-state index contributed by atoms with van der Waals surface area (Å²) in [7, 11) is 0. The highest BCUT2D eigenvalue weighted by Gasteiger charge is 2.10. The molecule has 0 aliphatic rings. The monoisotopic (exact) mass is 277 g/mol. The molecule has 1 unspecified atom stereocenters. The minimum Gasteiger partial charge on any atom is -0.327 e. The topological polar surface area (TPSA) is 26.0 Å². The normalized spacial score (nSPS) is 12.4. The quantitative estimate of drug-likeness (QED) is 0.901. The first-order chi connectivity index (χ1) is 9.06. The lowest BCUT2D eigenvalue weighted by Crippen LogP contribution is -2.25. The Hall–Kier alpha value is -1.38. The molecule has 0 radical (unpaired) electrons. The first-order valence-electron chi connectivity index (χ1n) is 6.30. The predicted octanol–water partition coefficient (Wildman–Crippen LogP) is 3.90. The van der Waals surface area contributed by atoms with E-state index in [1.807, 2.05) is 12.1 Å². The van der Waals surface area contributed by atoms with E-state index < -0.39 is 0 Å². The summed E-state index contributed by atoms with van der Waals surface area (Å²) in [6.45, 7) is 2.05. The number of halogens is 2. The van der Waals surface area contributed by atoms with E-state index in [1.165, 1.54) is 17.2 Å². The molecule has 0 bridgehead atoms. The summed E-state index contributed by atoms with van der Waals surface area (Å²) in [5.74, 6) is -0.387. The Morgan fingerprint density at radius 3 is 2.63 bits per heavy atom. The molecule has 0 amide bonds. The maximum Gasteiger partial charge on any atom is 0.142 e. The summed E-state index contributed by atoms with van der Waals surface area (Å²) in [6, 6.07) is 13.0. The molecule has 0 saturated heterocycles. The van der Waals surface area contributed by atoms with Crippen LogP contribution in [0.15, 0.2) is 42.5 Å². The number of hydrogen-bond donors (Lipinski definition) is 1. The Kier molecular flexibility index (Phi) is 4.56. The van der Waals surface area contributed by atoms with Gasteiger partial charge in [0.15, 0.2) is 0 Å². The molecule has 0 aliphatic heterocycles. The molecule has 0 heterocycles. The molecular formula is C16H17ClFN. The molecule has 2 aromatic rings. The Balaban J connectivity index is 2.05. The Labute approximate surface area is 118 Å². The van der Waals surface area contributed by atoms with Gasteiger partial charge in [0.25, 0.3) is 0 Å². The van der Waals surface area contributed by atoms with Gasteiger partial charge in [0.1, 0.15) is 5.82 Å². The minimum atomic E-state index is -0.387. The van der Waals surface area contributed by atoms with Crippen LogP contribution >= 0.6 is 11.6 Å². The first kappa shape index (κ1) is 14.0. The molecule has 0 aromatic heterocycles. The highest BCUT2D eigenvalue weighted by atomic mass is 35.5. The van der Waals surface area contributed by atoms with Crippen molar-refractivity contribution >= 4 is 11.6 Å². The van der Waals surface area contributed by atoms with E-state index in [0.717, 1.165) is 12.0 Å². The van der Waals surface area contributed by atoms with Gasteiger partial charge in [-0.25, -0.2) is 4.39 Å². The van der Waals surface area contributed by atoms with E-state index in [0.29, 0.717) is 6.42 Å². The molecule has 0 saturated carbocycles. The van der Waals surface area contributed by atoms with E-state index in [-0.39, 0.29) is 16.9 Å². The maximum absolute atomic E-state index is 13.3. The standard InChI is InChI=1S/C16H17ClFN/c1-11-4-2-5-12(8-11)9-14(19)10-13-6-3-7-15(18)16(13)17/h2-8,14H,9-10,19H2,1H3. The van der Waals surface area contributed by atoms with Crippen LogP contribution in [-0.4, -0.2) is 6.04 Å². The van der Waals surface area contributed by atoms with Gasteiger partial charge in [0.2, 0.25) is 0 Å². The zero-order valence-electron chi connectivity index (χ0n) is 10.9. The van der Waals surface area contributed by atoms with Gasteiger partial charge < -0.3 is 5.73 Å².